The number of guanidine groups is 1. The van der Waals surface area contributed by atoms with Crippen LogP contribution in [0.3, 0.4) is 0 Å². The molecule has 93 heavy (non-hydrogen) atoms. The molecule has 0 aliphatic rings. The molecule has 1 aromatic rings. The Labute approximate surface area is 538 Å². The number of carbonyl (C=O) groups is 13. The molecule has 0 aromatic carbocycles. The van der Waals surface area contributed by atoms with Gasteiger partial charge in [-0.25, -0.2) is 4.98 Å². The Morgan fingerprint density at radius 2 is 0.903 bits per heavy atom. The Hall–Kier alpha value is -8.65. The van der Waals surface area contributed by atoms with Crippen LogP contribution >= 0.6 is 0 Å². The quantitative estimate of drug-likeness (QED) is 0.0164. The van der Waals surface area contributed by atoms with E-state index in [1.807, 2.05) is 0 Å². The number of nitrogens with zero attached hydrogens (tertiary/aromatic N) is 2. The summed E-state index contributed by atoms with van der Waals surface area (Å²) in [5.74, 6) is -14.5. The van der Waals surface area contributed by atoms with Gasteiger partial charge in [-0.1, -0.05) is 27.7 Å². The summed E-state index contributed by atoms with van der Waals surface area (Å²) in [7, 11) is 0. The van der Waals surface area contributed by atoms with Gasteiger partial charge in [0.15, 0.2) is 5.96 Å². The number of aromatic amines is 1. The van der Waals surface area contributed by atoms with Crippen molar-refractivity contribution in [1.82, 2.24) is 68.5 Å². The summed E-state index contributed by atoms with van der Waals surface area (Å²) in [5.41, 5.74) is 28.3. The average Bonchev–Trinajstić information content (AvgIpc) is 2.15. The predicted octanol–water partition coefficient (Wildman–Crippen LogP) is -8.59. The molecule has 0 aliphatic heterocycles. The summed E-state index contributed by atoms with van der Waals surface area (Å²) < 4.78 is 0. The fourth-order valence-electron chi connectivity index (χ4n) is 8.71. The number of primary amides is 1. The average molecular weight is 1330 g/mol. The minimum Gasteiger partial charge on any atom is -0.480 e. The lowest BCUT2D eigenvalue weighted by atomic mass is 9.99. The molecule has 37 heteroatoms. The van der Waals surface area contributed by atoms with Crippen LogP contribution in [0.1, 0.15) is 126 Å². The number of hydrogen-bond acceptors (Lipinski definition) is 21. The van der Waals surface area contributed by atoms with Crippen LogP contribution in [-0.2, 0) is 68.7 Å². The van der Waals surface area contributed by atoms with Crippen LogP contribution in [-0.4, -0.2) is 229 Å². The summed E-state index contributed by atoms with van der Waals surface area (Å²) in [6.07, 6.45) is -3.20. The van der Waals surface area contributed by atoms with Crippen molar-refractivity contribution in [2.24, 2.45) is 45.5 Å². The van der Waals surface area contributed by atoms with Crippen molar-refractivity contribution in [1.29, 1.82) is 0 Å². The molecule has 37 nitrogen and oxygen atoms in total. The van der Waals surface area contributed by atoms with E-state index in [1.165, 1.54) is 33.3 Å². The van der Waals surface area contributed by atoms with E-state index in [0.29, 0.717) is 12.1 Å². The van der Waals surface area contributed by atoms with E-state index in [4.69, 9.17) is 28.7 Å². The fraction of sp³-hybridized carbons (Fsp3) is 0.696. The molecule has 0 unspecified atom stereocenters. The molecule has 0 aliphatic carbocycles. The van der Waals surface area contributed by atoms with Gasteiger partial charge in [-0.3, -0.25) is 67.3 Å². The number of rotatable bonds is 44. The Morgan fingerprint density at radius 3 is 1.33 bits per heavy atom. The van der Waals surface area contributed by atoms with Gasteiger partial charge in [-0.05, 0) is 104 Å². The van der Waals surface area contributed by atoms with Crippen molar-refractivity contribution in [2.45, 2.75) is 217 Å². The zero-order chi connectivity index (χ0) is 71.0. The van der Waals surface area contributed by atoms with Crippen LogP contribution in [0.4, 0.5) is 0 Å². The molecule has 0 spiro atoms. The first-order valence-corrected chi connectivity index (χ1v) is 30.4. The number of imidazole rings is 1. The number of aliphatic carboxylic acids is 1. The number of carboxylic acid groups (broad SMARTS) is 1. The number of unbranched alkanes of at least 4 members (excludes halogenated alkanes) is 1. The Balaban J connectivity index is 3.53. The number of amides is 12. The number of nitrogens with one attached hydrogen (secondary N) is 12. The molecule has 12 amide bonds. The largest absolute Gasteiger partial charge is 0.480 e. The van der Waals surface area contributed by atoms with Crippen molar-refractivity contribution in [3.05, 3.63) is 18.2 Å². The summed E-state index contributed by atoms with van der Waals surface area (Å²) in [6, 6.07) is -18.8. The third kappa shape index (κ3) is 31.0. The Bertz CT molecular complexity index is 2680. The number of aliphatic hydroxyl groups is 4. The third-order valence-electron chi connectivity index (χ3n) is 14.0. The number of carboxylic acids is 1. The number of nitrogens with two attached hydrogens (primary N) is 5. The van der Waals surface area contributed by atoms with Gasteiger partial charge in [-0.2, -0.15) is 0 Å². The van der Waals surface area contributed by atoms with Crippen molar-refractivity contribution >= 4 is 82.8 Å². The number of aliphatic hydroxyl groups excluding tert-OH is 4. The normalized spacial score (nSPS) is 16.1. The molecular formula is C56H99N19O18. The lowest BCUT2D eigenvalue weighted by Gasteiger charge is -2.29. The number of hydrogen-bond donors (Lipinski definition) is 22. The lowest BCUT2D eigenvalue weighted by molar-refractivity contribution is -0.141. The standard InChI is InChI=1S/C56H99N19O18/c1-25(2)19-36(48(85)65-27(5)44(81)66-28(6)55(92)93)71-49(86)37(20-26(3)4)70-45(82)34(14-12-18-63-56(60)61)67-46(83)35(15-16-40(58)80)69-53(90)42(30(8)78)75-51(88)39(23-76)73-54(91)43(31(9)79)74-47(84)33(13-10-11-17-57)68-50(87)38(21-32-22-62-24-64-32)72-52(89)41(59)29(7)77/h22,24-31,33-39,41-43,76-79H,10-21,23,57,59H2,1-9H3,(H2,58,80)(H,62,64)(H,65,85)(H,66,81)(H,67,83)(H,68,87)(H,69,90)(H,70,82)(H,71,86)(H,72,89)(H,73,91)(H,74,84)(H,75,88)(H,92,93)(H4,60,61,63)/t27-,28-,29+,30+,31+,33-,34-,35-,36-,37-,38-,39-,41-,42-,43-/m0/s1. The van der Waals surface area contributed by atoms with Gasteiger partial charge in [-0.15, -0.1) is 0 Å². The van der Waals surface area contributed by atoms with Crippen LogP contribution in [0.25, 0.3) is 0 Å². The number of aromatic nitrogens is 2. The number of H-pyrrole nitrogens is 1. The maximum absolute atomic E-state index is 14.3. The van der Waals surface area contributed by atoms with Crippen molar-refractivity contribution in [3.63, 3.8) is 0 Å². The van der Waals surface area contributed by atoms with Gasteiger partial charge in [0.2, 0.25) is 70.9 Å². The van der Waals surface area contributed by atoms with E-state index >= 15 is 0 Å². The van der Waals surface area contributed by atoms with Gasteiger partial charge in [0.25, 0.3) is 0 Å². The summed E-state index contributed by atoms with van der Waals surface area (Å²) in [6.45, 7) is 11.8. The highest BCUT2D eigenvalue weighted by molar-refractivity contribution is 5.99. The molecule has 0 saturated carbocycles. The van der Waals surface area contributed by atoms with Gasteiger partial charge in [0, 0.05) is 31.3 Å². The second kappa shape index (κ2) is 41.8. The molecule has 0 radical (unpaired) electrons. The van der Waals surface area contributed by atoms with Crippen molar-refractivity contribution < 1.29 is 87.9 Å². The fourth-order valence-corrected chi connectivity index (χ4v) is 8.71. The molecule has 526 valence electrons. The maximum atomic E-state index is 14.3. The van der Waals surface area contributed by atoms with Crippen LogP contribution in [0.15, 0.2) is 17.5 Å². The highest BCUT2D eigenvalue weighted by atomic mass is 16.4. The predicted molar refractivity (Wildman–Crippen MR) is 333 cm³/mol. The van der Waals surface area contributed by atoms with Gasteiger partial charge < -0.3 is 118 Å². The SMILES string of the molecule is CC(C)C[C@H](NC(=O)[C@H](CC(C)C)NC(=O)[C@H](CCCN=C(N)N)NC(=O)[C@H](CCC(N)=O)NC(=O)[C@@H](NC(=O)[C@H](CO)NC(=O)[C@@H](NC(=O)[C@H](CCCCN)NC(=O)[C@H](Cc1cnc[nH]1)NC(=O)[C@@H](N)[C@@H](C)O)[C@@H](C)O)[C@@H](C)O)C(=O)N[C@@H](C)C(=O)N[C@@H](C)C(=O)O. The van der Waals surface area contributed by atoms with E-state index in [9.17, 15) is 87.9 Å². The van der Waals surface area contributed by atoms with E-state index in [2.05, 4.69) is 73.4 Å². The molecule has 1 aromatic heterocycles. The van der Waals surface area contributed by atoms with Crippen molar-refractivity contribution in [2.75, 3.05) is 19.7 Å². The summed E-state index contributed by atoms with van der Waals surface area (Å²) >= 11 is 0. The maximum Gasteiger partial charge on any atom is 0.325 e. The molecule has 15 atom stereocenters. The molecule has 0 bridgehead atoms. The first-order valence-electron chi connectivity index (χ1n) is 30.4. The molecule has 27 N–H and O–H groups in total. The molecule has 1 heterocycles. The van der Waals surface area contributed by atoms with E-state index < -0.39 is 187 Å². The van der Waals surface area contributed by atoms with Gasteiger partial charge >= 0.3 is 5.97 Å². The van der Waals surface area contributed by atoms with E-state index in [0.717, 1.165) is 13.8 Å². The smallest absolute Gasteiger partial charge is 0.325 e. The van der Waals surface area contributed by atoms with E-state index in [1.54, 1.807) is 27.7 Å². The topological polar surface area (TPSA) is 627 Å². The zero-order valence-corrected chi connectivity index (χ0v) is 54.0. The van der Waals surface area contributed by atoms with Crippen LogP contribution in [0, 0.1) is 11.8 Å². The lowest BCUT2D eigenvalue weighted by Crippen LogP contribution is -2.63. The highest BCUT2D eigenvalue weighted by Gasteiger charge is 2.38. The van der Waals surface area contributed by atoms with Crippen molar-refractivity contribution in [3.8, 4) is 0 Å². The zero-order valence-electron chi connectivity index (χ0n) is 54.0. The first kappa shape index (κ1) is 82.4. The first-order chi connectivity index (χ1) is 43.4. The minimum absolute atomic E-state index is 0.0134. The second-order valence-corrected chi connectivity index (χ2v) is 23.4. The number of carbonyl (C=O) groups excluding carboxylic acids is 12. The molecule has 0 fully saturated rings. The summed E-state index contributed by atoms with van der Waals surface area (Å²) in [4.78, 5) is 185. The summed E-state index contributed by atoms with van der Waals surface area (Å²) in [5, 5.41) is 77.4. The monoisotopic (exact) mass is 1330 g/mol. The highest BCUT2D eigenvalue weighted by Crippen LogP contribution is 2.13. The third-order valence-corrected chi connectivity index (χ3v) is 14.0. The van der Waals surface area contributed by atoms with Gasteiger partial charge in [0.1, 0.15) is 72.5 Å². The van der Waals surface area contributed by atoms with Crippen LogP contribution < -0.4 is 87.2 Å². The van der Waals surface area contributed by atoms with Crippen LogP contribution in [0.2, 0.25) is 0 Å². The minimum atomic E-state index is -2.02. The van der Waals surface area contributed by atoms with E-state index in [-0.39, 0.29) is 75.8 Å². The second-order valence-electron chi connectivity index (χ2n) is 23.4. The molecule has 0 saturated heterocycles. The van der Waals surface area contributed by atoms with Crippen LogP contribution in [0.5, 0.6) is 0 Å². The van der Waals surface area contributed by atoms with Gasteiger partial charge in [0.05, 0.1) is 31.2 Å². The Kier molecular flexibility index (Phi) is 37.0. The number of aliphatic imine (C=N–C) groups is 1. The molecule has 1 rings (SSSR count). The molecular weight excluding hydrogens is 1230 g/mol. The Morgan fingerprint density at radius 1 is 0.495 bits per heavy atom.